The molecule has 1 heterocycles. The van der Waals surface area contributed by atoms with E-state index in [9.17, 15) is 4.79 Å². The second kappa shape index (κ2) is 8.13. The number of ether oxygens (including phenoxy) is 2. The topological polar surface area (TPSA) is 59.6 Å². The van der Waals surface area contributed by atoms with E-state index in [-0.39, 0.29) is 18.2 Å². The van der Waals surface area contributed by atoms with Gasteiger partial charge in [0.1, 0.15) is 0 Å². The van der Waals surface area contributed by atoms with Gasteiger partial charge in [-0.2, -0.15) is 0 Å². The minimum atomic E-state index is -0.173. The summed E-state index contributed by atoms with van der Waals surface area (Å²) in [6, 6.07) is 14.3. The summed E-state index contributed by atoms with van der Waals surface area (Å²) < 4.78 is 10.8. The monoisotopic (exact) mass is 328 g/mol. The van der Waals surface area contributed by atoms with E-state index < -0.39 is 0 Å². The summed E-state index contributed by atoms with van der Waals surface area (Å²) >= 11 is 0. The highest BCUT2D eigenvalue weighted by Crippen LogP contribution is 2.18. The third kappa shape index (κ3) is 4.04. The molecule has 2 aromatic carbocycles. The molecule has 0 radical (unpaired) electrons. The van der Waals surface area contributed by atoms with Crippen LogP contribution in [0.3, 0.4) is 0 Å². The van der Waals surface area contributed by atoms with E-state index in [2.05, 4.69) is 41.0 Å². The maximum atomic E-state index is 12.1. The maximum absolute atomic E-state index is 12.1. The standard InChI is InChI=1S/C19H24N2O3/c1-23-18-10-12-24-13-17(18)21-19(22)20-11-9-15-7-4-6-14-5-2-3-8-16(14)15/h2-8,17-18H,9-13H2,1H3,(H2,20,21,22)/t17-,18-/m1/s1. The fourth-order valence-corrected chi connectivity index (χ4v) is 3.18. The van der Waals surface area contributed by atoms with Crippen LogP contribution in [-0.4, -0.2) is 45.0 Å². The van der Waals surface area contributed by atoms with Crippen LogP contribution in [-0.2, 0) is 15.9 Å². The average molecular weight is 328 g/mol. The Morgan fingerprint density at radius 1 is 1.25 bits per heavy atom. The quantitative estimate of drug-likeness (QED) is 0.886. The third-order valence-corrected chi connectivity index (χ3v) is 4.47. The molecular formula is C19H24N2O3. The number of benzene rings is 2. The van der Waals surface area contributed by atoms with Crippen molar-refractivity contribution in [3.05, 3.63) is 48.0 Å². The SMILES string of the molecule is CO[C@@H]1CCOC[C@H]1NC(=O)NCCc1cccc2ccccc12. The predicted molar refractivity (Wildman–Crippen MR) is 94.2 cm³/mol. The molecule has 5 heteroatoms. The van der Waals surface area contributed by atoms with E-state index in [0.717, 1.165) is 12.8 Å². The Morgan fingerprint density at radius 2 is 2.08 bits per heavy atom. The van der Waals surface area contributed by atoms with Crippen LogP contribution in [0.1, 0.15) is 12.0 Å². The van der Waals surface area contributed by atoms with E-state index in [1.165, 1.54) is 16.3 Å². The minimum absolute atomic E-state index is 0.0163. The molecule has 3 rings (SSSR count). The van der Waals surface area contributed by atoms with Gasteiger partial charge >= 0.3 is 6.03 Å². The molecule has 0 aromatic heterocycles. The highest BCUT2D eigenvalue weighted by atomic mass is 16.5. The van der Waals surface area contributed by atoms with Gasteiger partial charge in [-0.25, -0.2) is 4.79 Å². The van der Waals surface area contributed by atoms with E-state index in [1.807, 2.05) is 12.1 Å². The smallest absolute Gasteiger partial charge is 0.315 e. The van der Waals surface area contributed by atoms with Crippen molar-refractivity contribution < 1.29 is 14.3 Å². The number of carbonyl (C=O) groups excluding carboxylic acids is 1. The Hall–Kier alpha value is -2.11. The molecule has 5 nitrogen and oxygen atoms in total. The van der Waals surface area contributed by atoms with Crippen LogP contribution in [0.5, 0.6) is 0 Å². The average Bonchev–Trinajstić information content (AvgIpc) is 2.62. The van der Waals surface area contributed by atoms with Gasteiger partial charge in [0.2, 0.25) is 0 Å². The lowest BCUT2D eigenvalue weighted by molar-refractivity contribution is -0.0334. The van der Waals surface area contributed by atoms with Crippen LogP contribution in [0.4, 0.5) is 4.79 Å². The summed E-state index contributed by atoms with van der Waals surface area (Å²) in [5, 5.41) is 8.33. The molecule has 0 bridgehead atoms. The third-order valence-electron chi connectivity index (χ3n) is 4.47. The Balaban J connectivity index is 1.51. The van der Waals surface area contributed by atoms with E-state index >= 15 is 0 Å². The zero-order valence-electron chi connectivity index (χ0n) is 14.0. The summed E-state index contributed by atoms with van der Waals surface area (Å²) in [4.78, 5) is 12.1. The van der Waals surface area contributed by atoms with Gasteiger partial charge in [-0.3, -0.25) is 0 Å². The molecule has 1 aliphatic heterocycles. The van der Waals surface area contributed by atoms with E-state index in [4.69, 9.17) is 9.47 Å². The molecule has 2 atom stereocenters. The molecule has 0 unspecified atom stereocenters. The Kier molecular flexibility index (Phi) is 5.67. The molecule has 2 N–H and O–H groups in total. The first-order valence-corrected chi connectivity index (χ1v) is 8.39. The number of fused-ring (bicyclic) bond motifs is 1. The normalized spacial score (nSPS) is 20.7. The molecule has 24 heavy (non-hydrogen) atoms. The summed E-state index contributed by atoms with van der Waals surface area (Å²) in [5.74, 6) is 0. The number of hydrogen-bond acceptors (Lipinski definition) is 3. The van der Waals surface area contributed by atoms with Gasteiger partial charge in [-0.05, 0) is 29.2 Å². The van der Waals surface area contributed by atoms with Gasteiger partial charge in [0.25, 0.3) is 0 Å². The number of methoxy groups -OCH3 is 1. The van der Waals surface area contributed by atoms with E-state index in [1.54, 1.807) is 7.11 Å². The number of rotatable bonds is 5. The molecule has 2 amide bonds. The zero-order valence-corrected chi connectivity index (χ0v) is 14.0. The lowest BCUT2D eigenvalue weighted by Crippen LogP contribution is -2.53. The first-order valence-electron chi connectivity index (χ1n) is 8.39. The molecule has 1 aliphatic rings. The van der Waals surface area contributed by atoms with Crippen LogP contribution in [0, 0.1) is 0 Å². The van der Waals surface area contributed by atoms with Crippen LogP contribution >= 0.6 is 0 Å². The summed E-state index contributed by atoms with van der Waals surface area (Å²) in [6.45, 7) is 1.76. The lowest BCUT2D eigenvalue weighted by atomic mass is 10.0. The summed E-state index contributed by atoms with van der Waals surface area (Å²) in [7, 11) is 1.67. The second-order valence-electron chi connectivity index (χ2n) is 6.03. The Morgan fingerprint density at radius 3 is 2.96 bits per heavy atom. The molecule has 1 saturated heterocycles. The fraction of sp³-hybridized carbons (Fsp3) is 0.421. The largest absolute Gasteiger partial charge is 0.379 e. The Bertz CT molecular complexity index is 684. The van der Waals surface area contributed by atoms with Crippen molar-refractivity contribution in [3.63, 3.8) is 0 Å². The van der Waals surface area contributed by atoms with Crippen molar-refractivity contribution in [3.8, 4) is 0 Å². The summed E-state index contributed by atoms with van der Waals surface area (Å²) in [6.07, 6.45) is 1.61. The maximum Gasteiger partial charge on any atom is 0.315 e. The molecule has 128 valence electrons. The molecular weight excluding hydrogens is 304 g/mol. The molecule has 0 aliphatic carbocycles. The van der Waals surface area contributed by atoms with Gasteiger partial charge in [0.05, 0.1) is 18.8 Å². The highest BCUT2D eigenvalue weighted by Gasteiger charge is 2.26. The molecule has 0 saturated carbocycles. The van der Waals surface area contributed by atoms with Crippen LogP contribution in [0.25, 0.3) is 10.8 Å². The second-order valence-corrected chi connectivity index (χ2v) is 6.03. The number of nitrogens with one attached hydrogen (secondary N) is 2. The van der Waals surface area contributed by atoms with Crippen LogP contribution in [0.2, 0.25) is 0 Å². The summed E-state index contributed by atoms with van der Waals surface area (Å²) in [5.41, 5.74) is 1.24. The van der Waals surface area contributed by atoms with Gasteiger partial charge in [0.15, 0.2) is 0 Å². The van der Waals surface area contributed by atoms with Crippen molar-refractivity contribution in [1.29, 1.82) is 0 Å². The van der Waals surface area contributed by atoms with Crippen molar-refractivity contribution in [2.75, 3.05) is 26.9 Å². The molecule has 0 spiro atoms. The van der Waals surface area contributed by atoms with Crippen molar-refractivity contribution in [2.24, 2.45) is 0 Å². The van der Waals surface area contributed by atoms with Gasteiger partial charge in [0, 0.05) is 20.3 Å². The van der Waals surface area contributed by atoms with Crippen molar-refractivity contribution in [2.45, 2.75) is 25.0 Å². The number of urea groups is 1. The lowest BCUT2D eigenvalue weighted by Gasteiger charge is -2.30. The first kappa shape index (κ1) is 16.7. The predicted octanol–water partition coefficient (Wildman–Crippen LogP) is 2.49. The number of hydrogen-bond donors (Lipinski definition) is 2. The van der Waals surface area contributed by atoms with Crippen LogP contribution in [0.15, 0.2) is 42.5 Å². The van der Waals surface area contributed by atoms with E-state index in [0.29, 0.717) is 19.8 Å². The van der Waals surface area contributed by atoms with Gasteiger partial charge < -0.3 is 20.1 Å². The highest BCUT2D eigenvalue weighted by molar-refractivity contribution is 5.85. The molecule has 1 fully saturated rings. The first-order chi connectivity index (χ1) is 11.8. The van der Waals surface area contributed by atoms with Crippen molar-refractivity contribution >= 4 is 16.8 Å². The zero-order chi connectivity index (χ0) is 16.8. The van der Waals surface area contributed by atoms with Crippen molar-refractivity contribution in [1.82, 2.24) is 10.6 Å². The molecule has 2 aromatic rings. The minimum Gasteiger partial charge on any atom is -0.379 e. The van der Waals surface area contributed by atoms with Gasteiger partial charge in [-0.1, -0.05) is 42.5 Å². The van der Waals surface area contributed by atoms with Crippen LogP contribution < -0.4 is 10.6 Å². The Labute approximate surface area is 142 Å². The fourth-order valence-electron chi connectivity index (χ4n) is 3.18. The number of carbonyl (C=O) groups is 1. The number of amides is 2. The van der Waals surface area contributed by atoms with Gasteiger partial charge in [-0.15, -0.1) is 0 Å².